The Kier molecular flexibility index (Phi) is 7.42. The number of para-hydroxylation sites is 3. The van der Waals surface area contributed by atoms with Gasteiger partial charge in [0.15, 0.2) is 5.11 Å². The second kappa shape index (κ2) is 11.1. The molecule has 38 heavy (non-hydrogen) atoms. The summed E-state index contributed by atoms with van der Waals surface area (Å²) in [5.74, 6) is 0.521. The summed E-state index contributed by atoms with van der Waals surface area (Å²) in [6.45, 7) is 4.71. The molecule has 2 aromatic heterocycles. The van der Waals surface area contributed by atoms with Crippen LogP contribution in [0.4, 0.5) is 5.69 Å². The van der Waals surface area contributed by atoms with Gasteiger partial charge in [0, 0.05) is 36.2 Å². The monoisotopic (exact) mass is 525 g/mol. The number of rotatable bonds is 8. The van der Waals surface area contributed by atoms with E-state index in [0.29, 0.717) is 23.1 Å². The van der Waals surface area contributed by atoms with E-state index in [-0.39, 0.29) is 24.4 Å². The fraction of sp³-hybridized carbons (Fsp3) is 0.233. The lowest BCUT2D eigenvalue weighted by atomic mass is 9.96. The topological polar surface area (TPSA) is 71.4 Å². The van der Waals surface area contributed by atoms with Crippen LogP contribution in [0, 0.1) is 13.8 Å². The van der Waals surface area contributed by atoms with Gasteiger partial charge in [-0.2, -0.15) is 0 Å². The van der Waals surface area contributed by atoms with E-state index in [1.54, 1.807) is 13.3 Å². The van der Waals surface area contributed by atoms with Gasteiger partial charge in [0.05, 0.1) is 30.6 Å². The standard InChI is InChI=1S/C30H31N5O2S/c1-20-19-23(21(2)35(20)22-11-5-4-6-12-22)29-28(25-14-9-10-17-31-25)33-30(38)34(29)18-16-27(36)32-24-13-7-8-15-26(24)37-3/h4-15,17,19,28-29H,16,18H2,1-3H3,(H,32,36)(H,33,38)/t28-,29-/m0/s1. The molecule has 4 aromatic rings. The molecule has 0 spiro atoms. The second-order valence-electron chi connectivity index (χ2n) is 9.32. The van der Waals surface area contributed by atoms with Crippen molar-refractivity contribution in [2.45, 2.75) is 32.4 Å². The third-order valence-electron chi connectivity index (χ3n) is 6.96. The molecule has 8 heteroatoms. The van der Waals surface area contributed by atoms with Crippen LogP contribution in [0.2, 0.25) is 0 Å². The lowest BCUT2D eigenvalue weighted by molar-refractivity contribution is -0.116. The highest BCUT2D eigenvalue weighted by molar-refractivity contribution is 7.80. The molecule has 194 valence electrons. The third kappa shape index (κ3) is 4.99. The molecule has 5 rings (SSSR count). The number of benzene rings is 2. The predicted octanol–water partition coefficient (Wildman–Crippen LogP) is 5.50. The molecule has 0 aliphatic carbocycles. The summed E-state index contributed by atoms with van der Waals surface area (Å²) >= 11 is 5.82. The van der Waals surface area contributed by atoms with Gasteiger partial charge in [-0.15, -0.1) is 0 Å². The van der Waals surface area contributed by atoms with Crippen molar-refractivity contribution in [2.75, 3.05) is 19.0 Å². The first-order valence-electron chi connectivity index (χ1n) is 12.6. The normalized spacial score (nSPS) is 16.8. The van der Waals surface area contributed by atoms with Crippen molar-refractivity contribution in [3.63, 3.8) is 0 Å². The van der Waals surface area contributed by atoms with Gasteiger partial charge in [-0.3, -0.25) is 9.78 Å². The zero-order valence-electron chi connectivity index (χ0n) is 21.7. The van der Waals surface area contributed by atoms with Crippen LogP contribution in [0.25, 0.3) is 5.69 Å². The Morgan fingerprint density at radius 2 is 1.79 bits per heavy atom. The molecule has 1 aliphatic heterocycles. The zero-order valence-corrected chi connectivity index (χ0v) is 22.5. The number of amides is 1. The lowest BCUT2D eigenvalue weighted by Gasteiger charge is -2.28. The van der Waals surface area contributed by atoms with Crippen molar-refractivity contribution in [1.29, 1.82) is 0 Å². The quantitative estimate of drug-likeness (QED) is 0.296. The van der Waals surface area contributed by atoms with Gasteiger partial charge < -0.3 is 24.8 Å². The molecule has 1 saturated heterocycles. The number of carbonyl (C=O) groups is 1. The molecular weight excluding hydrogens is 494 g/mol. The number of methoxy groups -OCH3 is 1. The first kappa shape index (κ1) is 25.5. The molecule has 2 N–H and O–H groups in total. The van der Waals surface area contributed by atoms with Crippen molar-refractivity contribution in [3.8, 4) is 11.4 Å². The van der Waals surface area contributed by atoms with Crippen LogP contribution < -0.4 is 15.4 Å². The summed E-state index contributed by atoms with van der Waals surface area (Å²) in [5, 5.41) is 7.07. The molecule has 0 radical (unpaired) electrons. The number of anilines is 1. The molecule has 3 heterocycles. The van der Waals surface area contributed by atoms with Crippen molar-refractivity contribution in [3.05, 3.63) is 108 Å². The van der Waals surface area contributed by atoms with Crippen LogP contribution in [0.1, 0.15) is 41.1 Å². The van der Waals surface area contributed by atoms with Crippen LogP contribution in [-0.4, -0.2) is 39.1 Å². The molecule has 0 unspecified atom stereocenters. The Morgan fingerprint density at radius 1 is 1.05 bits per heavy atom. The molecule has 2 aromatic carbocycles. The van der Waals surface area contributed by atoms with E-state index < -0.39 is 0 Å². The lowest BCUT2D eigenvalue weighted by Crippen LogP contribution is -2.33. The van der Waals surface area contributed by atoms with E-state index in [9.17, 15) is 4.79 Å². The van der Waals surface area contributed by atoms with Gasteiger partial charge in [-0.05, 0) is 74.1 Å². The van der Waals surface area contributed by atoms with Gasteiger partial charge in [-0.25, -0.2) is 0 Å². The summed E-state index contributed by atoms with van der Waals surface area (Å²) in [6.07, 6.45) is 2.07. The van der Waals surface area contributed by atoms with Crippen molar-refractivity contribution in [1.82, 2.24) is 19.8 Å². The number of nitrogens with one attached hydrogen (secondary N) is 2. The van der Waals surface area contributed by atoms with Gasteiger partial charge in [0.25, 0.3) is 0 Å². The predicted molar refractivity (Wildman–Crippen MR) is 154 cm³/mol. The number of aryl methyl sites for hydroxylation is 1. The van der Waals surface area contributed by atoms with E-state index in [2.05, 4.69) is 57.1 Å². The van der Waals surface area contributed by atoms with Gasteiger partial charge in [-0.1, -0.05) is 36.4 Å². The summed E-state index contributed by atoms with van der Waals surface area (Å²) in [5.41, 5.74) is 6.09. The summed E-state index contributed by atoms with van der Waals surface area (Å²) in [4.78, 5) is 19.7. The third-order valence-corrected chi connectivity index (χ3v) is 7.31. The highest BCUT2D eigenvalue weighted by atomic mass is 32.1. The first-order chi connectivity index (χ1) is 18.5. The van der Waals surface area contributed by atoms with E-state index in [4.69, 9.17) is 17.0 Å². The van der Waals surface area contributed by atoms with Crippen LogP contribution in [0.5, 0.6) is 5.75 Å². The Bertz CT molecular complexity index is 1440. The fourth-order valence-electron chi connectivity index (χ4n) is 5.23. The minimum atomic E-state index is -0.147. The van der Waals surface area contributed by atoms with Crippen LogP contribution >= 0.6 is 12.2 Å². The molecule has 2 atom stereocenters. The Morgan fingerprint density at radius 3 is 2.53 bits per heavy atom. The SMILES string of the molecule is COc1ccccc1NC(=O)CCN1C(=S)N[C@@H](c2ccccn2)[C@@H]1c1cc(C)n(-c2ccccc2)c1C. The molecule has 1 amide bonds. The Hall–Kier alpha value is -4.17. The first-order valence-corrected chi connectivity index (χ1v) is 13.0. The van der Waals surface area contributed by atoms with Crippen molar-refractivity contribution in [2.24, 2.45) is 0 Å². The highest BCUT2D eigenvalue weighted by Crippen LogP contribution is 2.41. The maximum Gasteiger partial charge on any atom is 0.226 e. The number of thiocarbonyl (C=S) groups is 1. The molecule has 0 bridgehead atoms. The number of ether oxygens (including phenoxy) is 1. The average molecular weight is 526 g/mol. The largest absolute Gasteiger partial charge is 0.495 e. The number of nitrogens with zero attached hydrogens (tertiary/aromatic N) is 3. The molecule has 7 nitrogen and oxygen atoms in total. The number of hydrogen-bond donors (Lipinski definition) is 2. The number of carbonyl (C=O) groups excluding carboxylic acids is 1. The maximum absolute atomic E-state index is 13.0. The van der Waals surface area contributed by atoms with E-state index in [1.165, 1.54) is 0 Å². The highest BCUT2D eigenvalue weighted by Gasteiger charge is 2.41. The van der Waals surface area contributed by atoms with Crippen LogP contribution in [-0.2, 0) is 4.79 Å². The summed E-state index contributed by atoms with van der Waals surface area (Å²) < 4.78 is 7.64. The minimum absolute atomic E-state index is 0.105. The van der Waals surface area contributed by atoms with Gasteiger partial charge >= 0.3 is 0 Å². The van der Waals surface area contributed by atoms with E-state index in [1.807, 2.05) is 60.7 Å². The Labute approximate surface area is 228 Å². The zero-order chi connectivity index (χ0) is 26.6. The average Bonchev–Trinajstić information content (AvgIpc) is 3.42. The number of hydrogen-bond acceptors (Lipinski definition) is 4. The number of pyridine rings is 1. The molecular formula is C30H31N5O2S. The molecule has 1 fully saturated rings. The second-order valence-corrected chi connectivity index (χ2v) is 9.70. The van der Waals surface area contributed by atoms with E-state index >= 15 is 0 Å². The van der Waals surface area contributed by atoms with Crippen LogP contribution in [0.15, 0.2) is 85.1 Å². The molecule has 0 saturated carbocycles. The maximum atomic E-state index is 13.0. The fourth-order valence-corrected chi connectivity index (χ4v) is 5.56. The van der Waals surface area contributed by atoms with Crippen LogP contribution in [0.3, 0.4) is 0 Å². The Balaban J connectivity index is 1.45. The summed E-state index contributed by atoms with van der Waals surface area (Å²) in [6, 6.07) is 25.6. The summed E-state index contributed by atoms with van der Waals surface area (Å²) in [7, 11) is 1.59. The minimum Gasteiger partial charge on any atom is -0.495 e. The van der Waals surface area contributed by atoms with Gasteiger partial charge in [0.1, 0.15) is 5.75 Å². The molecule has 1 aliphatic rings. The smallest absolute Gasteiger partial charge is 0.226 e. The van der Waals surface area contributed by atoms with E-state index in [0.717, 1.165) is 28.3 Å². The number of aromatic nitrogens is 2. The van der Waals surface area contributed by atoms with Gasteiger partial charge in [0.2, 0.25) is 5.91 Å². The van der Waals surface area contributed by atoms with Crippen molar-refractivity contribution >= 4 is 28.9 Å². The van der Waals surface area contributed by atoms with Crippen molar-refractivity contribution < 1.29 is 9.53 Å².